The Morgan fingerprint density at radius 1 is 0.538 bits per heavy atom. The van der Waals surface area contributed by atoms with Gasteiger partial charge in [-0.05, 0) is 78.0 Å². The molecule has 0 N–H and O–H groups in total. The maximum Gasteiger partial charge on any atom is 0.242 e. The van der Waals surface area contributed by atoms with Crippen LogP contribution in [-0.4, -0.2) is 22.8 Å². The normalized spacial score (nSPS) is 14.2. The molecule has 0 saturated heterocycles. The molecule has 1 aromatic heterocycles. The SMILES string of the molecule is CCCCCCSC1=C(SCCCCCC)SC(=C2Sc3cn(-c4ccc(B(c5c(C)cc(C)cc5C)c5c(C)cc(C)cc5C)cc4)cc3S2)S1. The minimum atomic E-state index is 0.194. The summed E-state index contributed by atoms with van der Waals surface area (Å²) in [5.41, 5.74) is 13.6. The molecule has 274 valence electrons. The van der Waals surface area contributed by atoms with Crippen molar-refractivity contribution in [3.05, 3.63) is 111 Å². The summed E-state index contributed by atoms with van der Waals surface area (Å²) in [5.74, 6) is 2.48. The van der Waals surface area contributed by atoms with Gasteiger partial charge in [0.05, 0.1) is 16.9 Å². The second-order valence-corrected chi connectivity index (χ2v) is 21.8. The fourth-order valence-electron chi connectivity index (χ4n) is 7.55. The summed E-state index contributed by atoms with van der Waals surface area (Å²) in [4.78, 5) is 2.75. The van der Waals surface area contributed by atoms with Crippen LogP contribution in [0.2, 0.25) is 0 Å². The molecular weight excluding hydrogens is 746 g/mol. The van der Waals surface area contributed by atoms with Gasteiger partial charge in [-0.15, -0.1) is 23.5 Å². The first-order chi connectivity index (χ1) is 25.2. The molecule has 1 nitrogen and oxygen atoms in total. The zero-order valence-electron chi connectivity index (χ0n) is 32.3. The van der Waals surface area contributed by atoms with Crippen LogP contribution >= 0.6 is 70.6 Å². The van der Waals surface area contributed by atoms with Gasteiger partial charge in [0, 0.05) is 27.9 Å². The largest absolute Gasteiger partial charge is 0.322 e. The molecule has 2 aliphatic rings. The van der Waals surface area contributed by atoms with Crippen LogP contribution < -0.4 is 16.4 Å². The zero-order valence-corrected chi connectivity index (χ0v) is 37.2. The lowest BCUT2D eigenvalue weighted by Crippen LogP contribution is -2.55. The number of aryl methyl sites for hydroxylation is 6. The Kier molecular flexibility index (Phi) is 14.7. The number of nitrogens with zero attached hydrogens (tertiary/aromatic N) is 1. The zero-order chi connectivity index (χ0) is 36.8. The maximum absolute atomic E-state index is 2.37. The van der Waals surface area contributed by atoms with Crippen LogP contribution in [0.3, 0.4) is 0 Å². The highest BCUT2D eigenvalue weighted by Crippen LogP contribution is 2.64. The molecule has 8 heteroatoms. The van der Waals surface area contributed by atoms with E-state index in [0.717, 1.165) is 0 Å². The van der Waals surface area contributed by atoms with Gasteiger partial charge in [-0.25, -0.2) is 0 Å². The number of fused-ring (bicyclic) bond motifs is 1. The lowest BCUT2D eigenvalue weighted by molar-refractivity contribution is 0.707. The number of unbranched alkanes of at least 4 members (excludes halogenated alkanes) is 6. The number of hydrogen-bond acceptors (Lipinski definition) is 6. The summed E-state index contributed by atoms with van der Waals surface area (Å²) in [7, 11) is 0. The smallest absolute Gasteiger partial charge is 0.242 e. The monoisotopic (exact) mass is 799 g/mol. The highest BCUT2D eigenvalue weighted by atomic mass is 32.3. The molecule has 4 aromatic rings. The van der Waals surface area contributed by atoms with Gasteiger partial charge in [0.15, 0.2) is 0 Å². The van der Waals surface area contributed by atoms with E-state index < -0.39 is 0 Å². The van der Waals surface area contributed by atoms with Gasteiger partial charge in [0.1, 0.15) is 0 Å². The molecule has 6 rings (SSSR count). The highest BCUT2D eigenvalue weighted by Gasteiger charge is 2.31. The number of hydrogen-bond donors (Lipinski definition) is 0. The van der Waals surface area contributed by atoms with Crippen LogP contribution in [0.25, 0.3) is 5.69 Å². The van der Waals surface area contributed by atoms with Crippen LogP contribution in [0.1, 0.15) is 98.6 Å². The van der Waals surface area contributed by atoms with Crippen molar-refractivity contribution in [2.45, 2.75) is 117 Å². The van der Waals surface area contributed by atoms with Crippen molar-refractivity contribution in [2.75, 3.05) is 11.5 Å². The van der Waals surface area contributed by atoms with Crippen molar-refractivity contribution in [2.24, 2.45) is 0 Å². The van der Waals surface area contributed by atoms with Crippen molar-refractivity contribution >= 4 is 93.7 Å². The summed E-state index contributed by atoms with van der Waals surface area (Å²) in [6.45, 7) is 18.4. The van der Waals surface area contributed by atoms with Gasteiger partial charge in [-0.1, -0.05) is 186 Å². The molecule has 0 atom stereocenters. The Morgan fingerprint density at radius 3 is 1.38 bits per heavy atom. The number of aromatic nitrogens is 1. The second-order valence-electron chi connectivity index (χ2n) is 14.4. The van der Waals surface area contributed by atoms with Gasteiger partial charge in [0.25, 0.3) is 0 Å². The molecule has 0 unspecified atom stereocenters. The Morgan fingerprint density at radius 2 is 0.962 bits per heavy atom. The first-order valence-electron chi connectivity index (χ1n) is 19.1. The summed E-state index contributed by atoms with van der Waals surface area (Å²) >= 11 is 12.2. The Balaban J connectivity index is 1.20. The molecule has 0 aliphatic carbocycles. The molecule has 2 aliphatic heterocycles. The number of benzene rings is 3. The molecule has 0 bridgehead atoms. The summed E-state index contributed by atoms with van der Waals surface area (Å²) in [6.07, 6.45) is 15.4. The molecule has 0 fully saturated rings. The van der Waals surface area contributed by atoms with Crippen LogP contribution in [0, 0.1) is 41.5 Å². The van der Waals surface area contributed by atoms with E-state index in [4.69, 9.17) is 0 Å². The van der Waals surface area contributed by atoms with E-state index in [0.29, 0.717) is 0 Å². The average Bonchev–Trinajstić information content (AvgIpc) is 3.81. The first kappa shape index (κ1) is 40.3. The lowest BCUT2D eigenvalue weighted by Gasteiger charge is -2.24. The third-order valence-corrected chi connectivity index (χ3v) is 18.6. The molecular formula is C44H54BNS6. The third-order valence-electron chi connectivity index (χ3n) is 9.91. The van der Waals surface area contributed by atoms with Crippen LogP contribution in [-0.2, 0) is 0 Å². The van der Waals surface area contributed by atoms with Gasteiger partial charge >= 0.3 is 0 Å². The summed E-state index contributed by atoms with van der Waals surface area (Å²) < 4.78 is 8.39. The maximum atomic E-state index is 2.37. The molecule has 0 saturated carbocycles. The molecule has 0 spiro atoms. The van der Waals surface area contributed by atoms with Crippen molar-refractivity contribution < 1.29 is 0 Å². The van der Waals surface area contributed by atoms with E-state index >= 15 is 0 Å². The van der Waals surface area contributed by atoms with Crippen molar-refractivity contribution in [1.82, 2.24) is 4.57 Å². The quantitative estimate of drug-likeness (QED) is 0.0816. The summed E-state index contributed by atoms with van der Waals surface area (Å²) in [6, 6.07) is 18.8. The second kappa shape index (κ2) is 19.0. The number of thioether (sulfide) groups is 6. The van der Waals surface area contributed by atoms with Gasteiger partial charge in [-0.3, -0.25) is 0 Å². The fourth-order valence-corrected chi connectivity index (χ4v) is 16.3. The number of rotatable bonds is 16. The highest BCUT2D eigenvalue weighted by molar-refractivity contribution is 8.42. The van der Waals surface area contributed by atoms with Gasteiger partial charge in [-0.2, -0.15) is 0 Å². The van der Waals surface area contributed by atoms with E-state index in [2.05, 4.69) is 144 Å². The Hall–Kier alpha value is -1.42. The topological polar surface area (TPSA) is 4.93 Å². The molecule has 52 heavy (non-hydrogen) atoms. The Bertz CT molecular complexity index is 1780. The van der Waals surface area contributed by atoms with Gasteiger partial charge in [0.2, 0.25) is 6.71 Å². The van der Waals surface area contributed by atoms with Crippen LogP contribution in [0.5, 0.6) is 0 Å². The molecule has 0 amide bonds. The minimum absolute atomic E-state index is 0.194. The van der Waals surface area contributed by atoms with E-state index in [-0.39, 0.29) is 6.71 Å². The molecule has 3 heterocycles. The van der Waals surface area contributed by atoms with E-state index in [1.165, 1.54) is 137 Å². The van der Waals surface area contributed by atoms with Crippen molar-refractivity contribution in [3.8, 4) is 5.69 Å². The standard InChI is InChI=1S/C44H54BNS6/c1-9-11-13-15-21-47-41-42(48-22-16-14-12-10-2)52-44(51-41)43-49-37-27-46(28-38(37)50-43)36-19-17-35(18-20-36)45(39-31(5)23-29(3)24-32(39)6)40-33(7)25-30(4)26-34(40)8/h17-20,23-28H,9-16,21-22H2,1-8H3. The average molecular weight is 800 g/mol. The van der Waals surface area contributed by atoms with E-state index in [9.17, 15) is 0 Å². The van der Waals surface area contributed by atoms with E-state index in [1.807, 2.05) is 47.0 Å². The minimum Gasteiger partial charge on any atom is -0.322 e. The molecule has 3 aromatic carbocycles. The van der Waals surface area contributed by atoms with E-state index in [1.54, 1.807) is 8.47 Å². The predicted octanol–water partition coefficient (Wildman–Crippen LogP) is 13.4. The predicted molar refractivity (Wildman–Crippen MR) is 246 cm³/mol. The molecule has 0 radical (unpaired) electrons. The van der Waals surface area contributed by atoms with Gasteiger partial charge < -0.3 is 4.57 Å². The van der Waals surface area contributed by atoms with Crippen molar-refractivity contribution in [1.29, 1.82) is 0 Å². The Labute approximate surface area is 340 Å². The van der Waals surface area contributed by atoms with Crippen LogP contribution in [0.15, 0.2) is 87.7 Å². The van der Waals surface area contributed by atoms with Crippen LogP contribution in [0.4, 0.5) is 0 Å². The third kappa shape index (κ3) is 9.68. The lowest BCUT2D eigenvalue weighted by atomic mass is 9.34. The van der Waals surface area contributed by atoms with Crippen molar-refractivity contribution in [3.63, 3.8) is 0 Å². The summed E-state index contributed by atoms with van der Waals surface area (Å²) in [5, 5.41) is 0. The fraction of sp³-hybridized carbons (Fsp3) is 0.409. The first-order valence-corrected chi connectivity index (χ1v) is 24.3.